The van der Waals surface area contributed by atoms with Gasteiger partial charge in [-0.05, 0) is 19.3 Å². The number of hydrogen-bond donors (Lipinski definition) is 2. The summed E-state index contributed by atoms with van der Waals surface area (Å²) in [7, 11) is 1.27. The monoisotopic (exact) mass is 745 g/mol. The molecule has 8 nitrogen and oxygen atoms in total. The topological polar surface area (TPSA) is 108 Å². The molecule has 9 heteroatoms. The number of aliphatic hydroxyl groups excluding tert-OH is 1. The van der Waals surface area contributed by atoms with E-state index in [1.807, 2.05) is 27.2 Å². The van der Waals surface area contributed by atoms with Gasteiger partial charge in [0, 0.05) is 6.42 Å². The molecule has 0 fully saturated rings. The fourth-order valence-electron chi connectivity index (χ4n) is 6.27. The maximum atomic E-state index is 12.7. The Bertz CT molecular complexity index is 850. The number of rotatable bonds is 39. The lowest BCUT2D eigenvalue weighted by molar-refractivity contribution is -0.870. The molecule has 0 aromatic heterocycles. The minimum atomic E-state index is -4.57. The molecule has 3 atom stereocenters. The SMILES string of the molecule is CCCCCCCCCCCCCCCCCCCC/C=C/C(O)C(COP(=O)([O-])OCC[N+](C)(C)C)NC(=O)CCCCCCCCCCC. The molecule has 2 N–H and O–H groups in total. The van der Waals surface area contributed by atoms with Gasteiger partial charge in [0.25, 0.3) is 7.82 Å². The molecule has 0 aliphatic rings. The summed E-state index contributed by atoms with van der Waals surface area (Å²) in [4.78, 5) is 25.1. The standard InChI is InChI=1S/C42H85N2O6P/c1-6-8-10-12-14-16-17-18-19-20-21-22-23-24-25-26-28-29-31-33-35-41(45)40(39-50-51(47,48)49-38-37-44(3,4)5)43-42(46)36-34-32-30-27-15-13-11-9-7-2/h33,35,40-41,45H,6-32,34,36-39H2,1-5H3,(H-,43,46,47,48)/b35-33+. The van der Waals surface area contributed by atoms with Crippen LogP contribution in [0.5, 0.6) is 0 Å². The highest BCUT2D eigenvalue weighted by Gasteiger charge is 2.23. The van der Waals surface area contributed by atoms with Crippen LogP contribution in [0.1, 0.15) is 200 Å². The summed E-state index contributed by atoms with van der Waals surface area (Å²) in [5.41, 5.74) is 0. The number of unbranched alkanes of at least 4 members (excludes halogenated alkanes) is 26. The van der Waals surface area contributed by atoms with E-state index in [-0.39, 0.29) is 19.1 Å². The zero-order chi connectivity index (χ0) is 37.9. The average Bonchev–Trinajstić information content (AvgIpc) is 3.07. The normalized spacial score (nSPS) is 14.6. The number of amides is 1. The van der Waals surface area contributed by atoms with E-state index in [1.165, 1.54) is 141 Å². The van der Waals surface area contributed by atoms with Gasteiger partial charge in [-0.2, -0.15) is 0 Å². The first-order valence-corrected chi connectivity index (χ1v) is 23.0. The van der Waals surface area contributed by atoms with Gasteiger partial charge < -0.3 is 28.8 Å². The van der Waals surface area contributed by atoms with Crippen molar-refractivity contribution >= 4 is 13.7 Å². The summed E-state index contributed by atoms with van der Waals surface area (Å²) in [6.07, 6.45) is 38.3. The number of carbonyl (C=O) groups is 1. The van der Waals surface area contributed by atoms with Crippen LogP contribution in [0.15, 0.2) is 12.2 Å². The molecule has 0 aliphatic heterocycles. The number of hydrogen-bond acceptors (Lipinski definition) is 6. The number of likely N-dealkylation sites (N-methyl/N-ethyl adjacent to an activating group) is 1. The second kappa shape index (κ2) is 35.0. The lowest BCUT2D eigenvalue weighted by Gasteiger charge is -2.29. The Hall–Kier alpha value is -0.760. The minimum absolute atomic E-state index is 0.00175. The van der Waals surface area contributed by atoms with Crippen molar-refractivity contribution < 1.29 is 32.9 Å². The number of nitrogens with zero attached hydrogens (tertiary/aromatic N) is 1. The van der Waals surface area contributed by atoms with E-state index in [4.69, 9.17) is 9.05 Å². The molecule has 51 heavy (non-hydrogen) atoms. The van der Waals surface area contributed by atoms with Crippen LogP contribution in [0.25, 0.3) is 0 Å². The third-order valence-corrected chi connectivity index (χ3v) is 10.7. The molecule has 0 saturated heterocycles. The number of nitrogens with one attached hydrogen (secondary N) is 1. The van der Waals surface area contributed by atoms with E-state index in [1.54, 1.807) is 6.08 Å². The predicted molar refractivity (Wildman–Crippen MR) is 215 cm³/mol. The van der Waals surface area contributed by atoms with Crippen LogP contribution in [-0.2, 0) is 18.4 Å². The third-order valence-electron chi connectivity index (χ3n) is 9.75. The minimum Gasteiger partial charge on any atom is -0.756 e. The molecule has 0 aromatic rings. The molecule has 1 amide bonds. The van der Waals surface area contributed by atoms with Crippen molar-refractivity contribution in [2.45, 2.75) is 212 Å². The summed E-state index contributed by atoms with van der Waals surface area (Å²) in [6, 6.07) is -0.878. The van der Waals surface area contributed by atoms with Gasteiger partial charge in [-0.3, -0.25) is 9.36 Å². The Morgan fingerprint density at radius 3 is 1.47 bits per heavy atom. The number of carbonyl (C=O) groups excluding carboxylic acids is 1. The summed E-state index contributed by atoms with van der Waals surface area (Å²) in [6.45, 7) is 4.63. The molecule has 0 radical (unpaired) electrons. The first kappa shape index (κ1) is 50.2. The molecule has 0 bridgehead atoms. The van der Waals surface area contributed by atoms with Crippen LogP contribution < -0.4 is 10.2 Å². The number of phosphoric ester groups is 1. The highest BCUT2D eigenvalue weighted by Crippen LogP contribution is 2.38. The average molecular weight is 745 g/mol. The van der Waals surface area contributed by atoms with Crippen molar-refractivity contribution in [3.63, 3.8) is 0 Å². The summed E-state index contributed by atoms with van der Waals surface area (Å²) in [5, 5.41) is 13.7. The van der Waals surface area contributed by atoms with E-state index in [9.17, 15) is 19.4 Å². The zero-order valence-electron chi connectivity index (χ0n) is 34.3. The van der Waals surface area contributed by atoms with Gasteiger partial charge >= 0.3 is 0 Å². The molecule has 3 unspecified atom stereocenters. The fourth-order valence-corrected chi connectivity index (χ4v) is 6.99. The second-order valence-corrected chi connectivity index (χ2v) is 17.5. The van der Waals surface area contributed by atoms with Crippen LogP contribution in [0, 0.1) is 0 Å². The van der Waals surface area contributed by atoms with Crippen LogP contribution in [0.3, 0.4) is 0 Å². The van der Waals surface area contributed by atoms with Gasteiger partial charge in [-0.1, -0.05) is 187 Å². The molecular weight excluding hydrogens is 659 g/mol. The highest BCUT2D eigenvalue weighted by molar-refractivity contribution is 7.45. The van der Waals surface area contributed by atoms with Gasteiger partial charge in [-0.15, -0.1) is 0 Å². The molecule has 0 rings (SSSR count). The summed E-state index contributed by atoms with van der Waals surface area (Å²) < 4.78 is 23.1. The number of aliphatic hydroxyl groups is 1. The van der Waals surface area contributed by atoms with Crippen molar-refractivity contribution in [2.24, 2.45) is 0 Å². The van der Waals surface area contributed by atoms with E-state index in [0.29, 0.717) is 17.4 Å². The van der Waals surface area contributed by atoms with E-state index >= 15 is 0 Å². The predicted octanol–water partition coefficient (Wildman–Crippen LogP) is 10.9. The van der Waals surface area contributed by atoms with Crippen molar-refractivity contribution in [1.29, 1.82) is 0 Å². The maximum absolute atomic E-state index is 12.7. The Balaban J connectivity index is 4.33. The van der Waals surface area contributed by atoms with Crippen LogP contribution >= 0.6 is 7.82 Å². The Kier molecular flexibility index (Phi) is 34.5. The molecule has 0 saturated carbocycles. The van der Waals surface area contributed by atoms with E-state index in [0.717, 1.165) is 38.5 Å². The summed E-state index contributed by atoms with van der Waals surface area (Å²) >= 11 is 0. The zero-order valence-corrected chi connectivity index (χ0v) is 35.2. The first-order chi connectivity index (χ1) is 24.5. The van der Waals surface area contributed by atoms with Gasteiger partial charge in [0.05, 0.1) is 39.9 Å². The second-order valence-electron chi connectivity index (χ2n) is 16.1. The number of phosphoric acid groups is 1. The van der Waals surface area contributed by atoms with Crippen molar-refractivity contribution in [2.75, 3.05) is 40.9 Å². The van der Waals surface area contributed by atoms with Crippen molar-refractivity contribution in [3.8, 4) is 0 Å². The largest absolute Gasteiger partial charge is 0.756 e. The van der Waals surface area contributed by atoms with Crippen LogP contribution in [0.4, 0.5) is 0 Å². The maximum Gasteiger partial charge on any atom is 0.268 e. The number of quaternary nitrogens is 1. The fraction of sp³-hybridized carbons (Fsp3) is 0.929. The molecule has 0 aliphatic carbocycles. The van der Waals surface area contributed by atoms with Crippen molar-refractivity contribution in [1.82, 2.24) is 5.32 Å². The first-order valence-electron chi connectivity index (χ1n) is 21.6. The quantitative estimate of drug-likeness (QED) is 0.0281. The number of allylic oxidation sites excluding steroid dienone is 1. The lowest BCUT2D eigenvalue weighted by Crippen LogP contribution is -2.45. The smallest absolute Gasteiger partial charge is 0.268 e. The lowest BCUT2D eigenvalue weighted by atomic mass is 10.0. The Morgan fingerprint density at radius 1 is 0.667 bits per heavy atom. The molecular formula is C42H85N2O6P. The summed E-state index contributed by atoms with van der Waals surface area (Å²) in [5.74, 6) is -0.200. The van der Waals surface area contributed by atoms with E-state index < -0.39 is 20.0 Å². The van der Waals surface area contributed by atoms with Gasteiger partial charge in [0.15, 0.2) is 0 Å². The molecule has 0 spiro atoms. The molecule has 0 aromatic carbocycles. The highest BCUT2D eigenvalue weighted by atomic mass is 31.2. The molecule has 304 valence electrons. The van der Waals surface area contributed by atoms with Gasteiger partial charge in [0.2, 0.25) is 5.91 Å². The van der Waals surface area contributed by atoms with Crippen molar-refractivity contribution in [3.05, 3.63) is 12.2 Å². The van der Waals surface area contributed by atoms with Gasteiger partial charge in [-0.25, -0.2) is 0 Å². The van der Waals surface area contributed by atoms with Crippen LogP contribution in [0.2, 0.25) is 0 Å². The van der Waals surface area contributed by atoms with E-state index in [2.05, 4.69) is 19.2 Å². The Morgan fingerprint density at radius 2 is 1.06 bits per heavy atom. The third kappa shape index (κ3) is 37.4. The van der Waals surface area contributed by atoms with Crippen LogP contribution in [-0.4, -0.2) is 68.5 Å². The Labute approximate surface area is 316 Å². The molecule has 0 heterocycles. The van der Waals surface area contributed by atoms with Gasteiger partial charge in [0.1, 0.15) is 13.2 Å².